The predicted octanol–water partition coefficient (Wildman–Crippen LogP) is 3.27. The summed E-state index contributed by atoms with van der Waals surface area (Å²) in [5.74, 6) is 1.71. The summed E-state index contributed by atoms with van der Waals surface area (Å²) in [6, 6.07) is 2.36. The number of rotatable bonds is 4. The van der Waals surface area contributed by atoms with Gasteiger partial charge < -0.3 is 5.32 Å². The average molecular weight is 252 g/mol. The summed E-state index contributed by atoms with van der Waals surface area (Å²) >= 11 is 0. The third-order valence-corrected chi connectivity index (χ3v) is 5.52. The molecule has 0 aromatic carbocycles. The molecule has 1 saturated carbocycles. The standard InChI is InChI=1S/C16H32N2/c1-5-10-17-15-9-11-18(14(4)13(15)3)16-8-6-7-12(16)2/h12-17H,5-11H2,1-4H3. The van der Waals surface area contributed by atoms with E-state index in [0.717, 1.165) is 30.0 Å². The van der Waals surface area contributed by atoms with Crippen molar-refractivity contribution in [3.05, 3.63) is 0 Å². The number of hydrogen-bond donors (Lipinski definition) is 1. The molecule has 2 rings (SSSR count). The van der Waals surface area contributed by atoms with Crippen LogP contribution in [0.3, 0.4) is 0 Å². The van der Waals surface area contributed by atoms with Crippen LogP contribution in [0.5, 0.6) is 0 Å². The first kappa shape index (κ1) is 14.3. The van der Waals surface area contributed by atoms with Gasteiger partial charge in [-0.05, 0) is 51.0 Å². The van der Waals surface area contributed by atoms with Crippen LogP contribution >= 0.6 is 0 Å². The average Bonchev–Trinajstić information content (AvgIpc) is 2.77. The van der Waals surface area contributed by atoms with Crippen molar-refractivity contribution >= 4 is 0 Å². The van der Waals surface area contributed by atoms with Crippen molar-refractivity contribution in [1.82, 2.24) is 10.2 Å². The van der Waals surface area contributed by atoms with E-state index in [9.17, 15) is 0 Å². The second kappa shape index (κ2) is 6.38. The third kappa shape index (κ3) is 2.91. The molecule has 1 saturated heterocycles. The first-order chi connectivity index (χ1) is 8.65. The second-order valence-corrected chi connectivity index (χ2v) is 6.66. The van der Waals surface area contributed by atoms with Crippen molar-refractivity contribution in [1.29, 1.82) is 0 Å². The molecule has 106 valence electrons. The van der Waals surface area contributed by atoms with Crippen LogP contribution in [0.15, 0.2) is 0 Å². The SMILES string of the molecule is CCCNC1CCN(C2CCCC2C)C(C)C1C. The van der Waals surface area contributed by atoms with Crippen molar-refractivity contribution in [2.45, 2.75) is 77.9 Å². The Balaban J connectivity index is 1.93. The molecular formula is C16H32N2. The molecular weight excluding hydrogens is 220 g/mol. The van der Waals surface area contributed by atoms with Gasteiger partial charge in [-0.1, -0.05) is 27.2 Å². The molecule has 5 unspecified atom stereocenters. The third-order valence-electron chi connectivity index (χ3n) is 5.52. The van der Waals surface area contributed by atoms with Gasteiger partial charge in [-0.3, -0.25) is 4.90 Å². The molecule has 1 heterocycles. The van der Waals surface area contributed by atoms with Crippen molar-refractivity contribution in [2.75, 3.05) is 13.1 Å². The number of piperidine rings is 1. The van der Waals surface area contributed by atoms with Gasteiger partial charge in [0.2, 0.25) is 0 Å². The Hall–Kier alpha value is -0.0800. The summed E-state index contributed by atoms with van der Waals surface area (Å²) in [6.07, 6.45) is 6.92. The van der Waals surface area contributed by atoms with Gasteiger partial charge in [0.15, 0.2) is 0 Å². The largest absolute Gasteiger partial charge is 0.314 e. The maximum absolute atomic E-state index is 3.75. The zero-order valence-electron chi connectivity index (χ0n) is 12.8. The molecule has 0 bridgehead atoms. The van der Waals surface area contributed by atoms with E-state index in [1.54, 1.807) is 0 Å². The summed E-state index contributed by atoms with van der Waals surface area (Å²) < 4.78 is 0. The van der Waals surface area contributed by atoms with Crippen molar-refractivity contribution in [3.63, 3.8) is 0 Å². The first-order valence-electron chi connectivity index (χ1n) is 8.14. The molecule has 2 fully saturated rings. The molecule has 2 nitrogen and oxygen atoms in total. The topological polar surface area (TPSA) is 15.3 Å². The minimum Gasteiger partial charge on any atom is -0.314 e. The van der Waals surface area contributed by atoms with Crippen molar-refractivity contribution in [2.24, 2.45) is 11.8 Å². The molecule has 1 aliphatic carbocycles. The number of nitrogens with zero attached hydrogens (tertiary/aromatic N) is 1. The molecule has 1 aliphatic heterocycles. The highest BCUT2D eigenvalue weighted by atomic mass is 15.2. The Kier molecular flexibility index (Phi) is 5.08. The number of nitrogens with one attached hydrogen (secondary N) is 1. The Morgan fingerprint density at radius 3 is 2.50 bits per heavy atom. The van der Waals surface area contributed by atoms with Crippen LogP contribution in [0, 0.1) is 11.8 Å². The van der Waals surface area contributed by atoms with Crippen LogP contribution in [-0.2, 0) is 0 Å². The first-order valence-corrected chi connectivity index (χ1v) is 8.14. The summed E-state index contributed by atoms with van der Waals surface area (Å²) in [5.41, 5.74) is 0. The van der Waals surface area contributed by atoms with E-state index in [4.69, 9.17) is 0 Å². The fraction of sp³-hybridized carbons (Fsp3) is 1.00. The molecule has 2 heteroatoms. The highest BCUT2D eigenvalue weighted by Gasteiger charge is 2.38. The van der Waals surface area contributed by atoms with E-state index in [-0.39, 0.29) is 0 Å². The van der Waals surface area contributed by atoms with Gasteiger partial charge in [-0.15, -0.1) is 0 Å². The number of hydrogen-bond acceptors (Lipinski definition) is 2. The van der Waals surface area contributed by atoms with E-state index in [1.807, 2.05) is 0 Å². The lowest BCUT2D eigenvalue weighted by Gasteiger charge is -2.47. The molecule has 2 aliphatic rings. The predicted molar refractivity (Wildman–Crippen MR) is 78.8 cm³/mol. The molecule has 0 amide bonds. The van der Waals surface area contributed by atoms with Crippen LogP contribution in [0.2, 0.25) is 0 Å². The van der Waals surface area contributed by atoms with Crippen LogP contribution < -0.4 is 5.32 Å². The van der Waals surface area contributed by atoms with E-state index >= 15 is 0 Å². The Morgan fingerprint density at radius 2 is 1.89 bits per heavy atom. The molecule has 18 heavy (non-hydrogen) atoms. The Bertz CT molecular complexity index is 253. The van der Waals surface area contributed by atoms with Crippen molar-refractivity contribution < 1.29 is 0 Å². The quantitative estimate of drug-likeness (QED) is 0.826. The molecule has 0 aromatic heterocycles. The van der Waals surface area contributed by atoms with E-state index in [1.165, 1.54) is 45.2 Å². The Labute approximate surface area is 114 Å². The van der Waals surface area contributed by atoms with Gasteiger partial charge in [0.25, 0.3) is 0 Å². The van der Waals surface area contributed by atoms with Gasteiger partial charge in [0, 0.05) is 24.7 Å². The van der Waals surface area contributed by atoms with E-state index in [0.29, 0.717) is 0 Å². The summed E-state index contributed by atoms with van der Waals surface area (Å²) in [5, 5.41) is 3.75. The molecule has 1 N–H and O–H groups in total. The summed E-state index contributed by atoms with van der Waals surface area (Å²) in [6.45, 7) is 12.1. The van der Waals surface area contributed by atoms with E-state index < -0.39 is 0 Å². The fourth-order valence-electron chi connectivity index (χ4n) is 4.10. The van der Waals surface area contributed by atoms with Crippen LogP contribution in [0.25, 0.3) is 0 Å². The molecule has 0 aromatic rings. The Morgan fingerprint density at radius 1 is 1.11 bits per heavy atom. The van der Waals surface area contributed by atoms with Gasteiger partial charge in [0.05, 0.1) is 0 Å². The van der Waals surface area contributed by atoms with Gasteiger partial charge in [-0.2, -0.15) is 0 Å². The fourth-order valence-corrected chi connectivity index (χ4v) is 4.10. The monoisotopic (exact) mass is 252 g/mol. The maximum Gasteiger partial charge on any atom is 0.0124 e. The zero-order chi connectivity index (χ0) is 13.1. The summed E-state index contributed by atoms with van der Waals surface area (Å²) in [7, 11) is 0. The minimum absolute atomic E-state index is 0.743. The molecule has 5 atom stereocenters. The zero-order valence-corrected chi connectivity index (χ0v) is 12.8. The second-order valence-electron chi connectivity index (χ2n) is 6.66. The minimum atomic E-state index is 0.743. The highest BCUT2D eigenvalue weighted by molar-refractivity contribution is 4.94. The summed E-state index contributed by atoms with van der Waals surface area (Å²) in [4.78, 5) is 2.83. The molecule has 0 spiro atoms. The lowest BCUT2D eigenvalue weighted by Crippen LogP contribution is -2.56. The maximum atomic E-state index is 3.75. The normalized spacial score (nSPS) is 42.3. The van der Waals surface area contributed by atoms with Crippen LogP contribution in [-0.4, -0.2) is 36.1 Å². The van der Waals surface area contributed by atoms with Crippen LogP contribution in [0.1, 0.15) is 59.8 Å². The lowest BCUT2D eigenvalue weighted by atomic mass is 9.85. The van der Waals surface area contributed by atoms with Crippen molar-refractivity contribution in [3.8, 4) is 0 Å². The molecule has 0 radical (unpaired) electrons. The lowest BCUT2D eigenvalue weighted by molar-refractivity contribution is 0.0347. The van der Waals surface area contributed by atoms with Gasteiger partial charge >= 0.3 is 0 Å². The van der Waals surface area contributed by atoms with Gasteiger partial charge in [-0.25, -0.2) is 0 Å². The smallest absolute Gasteiger partial charge is 0.0124 e. The van der Waals surface area contributed by atoms with E-state index in [2.05, 4.69) is 37.9 Å². The van der Waals surface area contributed by atoms with Crippen LogP contribution in [0.4, 0.5) is 0 Å². The number of likely N-dealkylation sites (tertiary alicyclic amines) is 1. The van der Waals surface area contributed by atoms with Gasteiger partial charge in [0.1, 0.15) is 0 Å². The highest BCUT2D eigenvalue weighted by Crippen LogP contribution is 2.35.